The van der Waals surface area contributed by atoms with E-state index in [0.29, 0.717) is 0 Å². The Morgan fingerprint density at radius 2 is 1.78 bits per heavy atom. The molecule has 23 heavy (non-hydrogen) atoms. The van der Waals surface area contributed by atoms with Gasteiger partial charge in [0.25, 0.3) is 5.91 Å². The number of sulfonamides is 1. The molecular weight excluding hydrogens is 328 g/mol. The fraction of sp³-hybridized carbons (Fsp3) is 0.308. The number of para-hydroxylation sites is 1. The zero-order chi connectivity index (χ0) is 17.6. The number of methoxy groups -OCH3 is 1. The Kier molecular flexibility index (Phi) is 6.08. The van der Waals surface area contributed by atoms with Crippen LogP contribution < -0.4 is 10.0 Å². The Morgan fingerprint density at radius 3 is 2.35 bits per heavy atom. The topological polar surface area (TPSA) is 128 Å². The first-order valence-corrected chi connectivity index (χ1v) is 8.20. The van der Waals surface area contributed by atoms with E-state index >= 15 is 0 Å². The molecule has 9 nitrogen and oxygen atoms in total. The standard InChI is InChI=1S/C13H16N2O7S/c1-8(11(16)14-13(18)21-2)22-12(17)9-6-4-5-7-10(9)15-23(3,19)20/h4-8,15H,1-3H3,(H,14,16,18)/t8-/m1/s1. The number of amides is 2. The second-order valence-electron chi connectivity index (χ2n) is 4.45. The van der Waals surface area contributed by atoms with Crippen molar-refractivity contribution in [3.8, 4) is 0 Å². The highest BCUT2D eigenvalue weighted by molar-refractivity contribution is 7.92. The average molecular weight is 344 g/mol. The Balaban J connectivity index is 2.86. The van der Waals surface area contributed by atoms with E-state index in [1.54, 1.807) is 0 Å². The van der Waals surface area contributed by atoms with Gasteiger partial charge in [0.2, 0.25) is 10.0 Å². The molecule has 2 amide bonds. The van der Waals surface area contributed by atoms with Gasteiger partial charge in [-0.1, -0.05) is 12.1 Å². The summed E-state index contributed by atoms with van der Waals surface area (Å²) in [5.74, 6) is -1.80. The minimum Gasteiger partial charge on any atom is -0.453 e. The quantitative estimate of drug-likeness (QED) is 0.744. The molecule has 0 bridgehead atoms. The zero-order valence-electron chi connectivity index (χ0n) is 12.7. The minimum atomic E-state index is -3.60. The molecule has 0 radical (unpaired) electrons. The molecule has 0 aliphatic carbocycles. The molecule has 0 fully saturated rings. The summed E-state index contributed by atoms with van der Waals surface area (Å²) in [7, 11) is -2.52. The summed E-state index contributed by atoms with van der Waals surface area (Å²) < 4.78 is 33.9. The summed E-state index contributed by atoms with van der Waals surface area (Å²) in [4.78, 5) is 34.6. The van der Waals surface area contributed by atoms with E-state index in [1.807, 2.05) is 5.32 Å². The summed E-state index contributed by atoms with van der Waals surface area (Å²) in [6.07, 6.45) is -1.34. The highest BCUT2D eigenvalue weighted by atomic mass is 32.2. The maximum absolute atomic E-state index is 12.1. The number of ether oxygens (including phenoxy) is 2. The van der Waals surface area contributed by atoms with Crippen LogP contribution in [0.4, 0.5) is 10.5 Å². The highest BCUT2D eigenvalue weighted by Gasteiger charge is 2.23. The fourth-order valence-corrected chi connectivity index (χ4v) is 2.06. The summed E-state index contributed by atoms with van der Waals surface area (Å²) in [6.45, 7) is 1.25. The van der Waals surface area contributed by atoms with Gasteiger partial charge in [0.15, 0.2) is 6.10 Å². The van der Waals surface area contributed by atoms with Crippen LogP contribution in [0.1, 0.15) is 17.3 Å². The number of rotatable bonds is 5. The third-order valence-corrected chi connectivity index (χ3v) is 3.10. The molecule has 0 aliphatic rings. The van der Waals surface area contributed by atoms with Crippen LogP contribution >= 0.6 is 0 Å². The first-order chi connectivity index (χ1) is 10.6. The number of anilines is 1. The molecule has 1 aromatic rings. The molecule has 0 heterocycles. The predicted molar refractivity (Wildman–Crippen MR) is 80.3 cm³/mol. The van der Waals surface area contributed by atoms with Crippen molar-refractivity contribution >= 4 is 33.7 Å². The Morgan fingerprint density at radius 1 is 1.17 bits per heavy atom. The van der Waals surface area contributed by atoms with Crippen LogP contribution in [0.2, 0.25) is 0 Å². The van der Waals surface area contributed by atoms with Crippen molar-refractivity contribution in [3.63, 3.8) is 0 Å². The molecule has 1 rings (SSSR count). The number of imide groups is 1. The number of carbonyl (C=O) groups is 3. The molecule has 126 valence electrons. The van der Waals surface area contributed by atoms with Gasteiger partial charge in [-0.05, 0) is 19.1 Å². The predicted octanol–water partition coefficient (Wildman–Crippen LogP) is 0.486. The molecule has 2 N–H and O–H groups in total. The van der Waals surface area contributed by atoms with E-state index in [4.69, 9.17) is 4.74 Å². The first kappa shape index (κ1) is 18.4. The van der Waals surface area contributed by atoms with Crippen LogP contribution in [0.5, 0.6) is 0 Å². The lowest BCUT2D eigenvalue weighted by Gasteiger charge is -2.14. The SMILES string of the molecule is COC(=O)NC(=O)[C@@H](C)OC(=O)c1ccccc1NS(C)(=O)=O. The van der Waals surface area contributed by atoms with Crippen LogP contribution in [-0.2, 0) is 24.3 Å². The first-order valence-electron chi connectivity index (χ1n) is 6.30. The smallest absolute Gasteiger partial charge is 0.413 e. The van der Waals surface area contributed by atoms with Gasteiger partial charge in [0.05, 0.1) is 24.6 Å². The number of nitrogens with one attached hydrogen (secondary N) is 2. The second kappa shape index (κ2) is 7.58. The molecule has 1 atom stereocenters. The maximum Gasteiger partial charge on any atom is 0.413 e. The van der Waals surface area contributed by atoms with Gasteiger partial charge in [-0.15, -0.1) is 0 Å². The van der Waals surface area contributed by atoms with E-state index < -0.39 is 34.1 Å². The normalized spacial score (nSPS) is 12.0. The molecule has 0 spiro atoms. The van der Waals surface area contributed by atoms with Gasteiger partial charge in [-0.25, -0.2) is 18.0 Å². The number of carbonyl (C=O) groups excluding carboxylic acids is 3. The summed E-state index contributed by atoms with van der Waals surface area (Å²) >= 11 is 0. The molecule has 0 unspecified atom stereocenters. The van der Waals surface area contributed by atoms with Crippen LogP contribution in [0, 0.1) is 0 Å². The molecule has 0 saturated heterocycles. The van der Waals surface area contributed by atoms with Crippen LogP contribution in [0.25, 0.3) is 0 Å². The number of hydrogen-bond acceptors (Lipinski definition) is 7. The van der Waals surface area contributed by atoms with E-state index in [9.17, 15) is 22.8 Å². The van der Waals surface area contributed by atoms with Crippen molar-refractivity contribution < 1.29 is 32.3 Å². The van der Waals surface area contributed by atoms with Gasteiger partial charge < -0.3 is 9.47 Å². The number of benzene rings is 1. The van der Waals surface area contributed by atoms with Crippen LogP contribution in [-0.4, -0.2) is 45.9 Å². The molecule has 10 heteroatoms. The number of hydrogen-bond donors (Lipinski definition) is 2. The lowest BCUT2D eigenvalue weighted by molar-refractivity contribution is -0.128. The summed E-state index contributed by atoms with van der Waals surface area (Å²) in [5, 5.41) is 1.85. The van der Waals surface area contributed by atoms with Gasteiger partial charge >= 0.3 is 12.1 Å². The minimum absolute atomic E-state index is 0.0144. The highest BCUT2D eigenvalue weighted by Crippen LogP contribution is 2.18. The van der Waals surface area contributed by atoms with Crippen molar-refractivity contribution in [2.75, 3.05) is 18.1 Å². The molecule has 0 aliphatic heterocycles. The Hall–Kier alpha value is -2.62. The average Bonchev–Trinajstić information content (AvgIpc) is 2.45. The van der Waals surface area contributed by atoms with Crippen molar-refractivity contribution in [1.82, 2.24) is 5.32 Å². The molecule has 1 aromatic carbocycles. The Bertz CT molecular complexity index is 715. The maximum atomic E-state index is 12.1. The third-order valence-electron chi connectivity index (χ3n) is 2.51. The van der Waals surface area contributed by atoms with Gasteiger partial charge in [-0.3, -0.25) is 14.8 Å². The van der Waals surface area contributed by atoms with Gasteiger partial charge in [0.1, 0.15) is 0 Å². The lowest BCUT2D eigenvalue weighted by atomic mass is 10.2. The monoisotopic (exact) mass is 344 g/mol. The van der Waals surface area contributed by atoms with Crippen LogP contribution in [0.3, 0.4) is 0 Å². The van der Waals surface area contributed by atoms with Crippen LogP contribution in [0.15, 0.2) is 24.3 Å². The molecular formula is C13H16N2O7S. The largest absolute Gasteiger partial charge is 0.453 e. The Labute approximate surface area is 133 Å². The van der Waals surface area contributed by atoms with Crippen molar-refractivity contribution in [2.45, 2.75) is 13.0 Å². The van der Waals surface area contributed by atoms with E-state index in [-0.39, 0.29) is 11.3 Å². The second-order valence-corrected chi connectivity index (χ2v) is 6.20. The van der Waals surface area contributed by atoms with Crippen molar-refractivity contribution in [2.24, 2.45) is 0 Å². The van der Waals surface area contributed by atoms with E-state index in [1.165, 1.54) is 31.2 Å². The molecule has 0 saturated carbocycles. The molecule has 0 aromatic heterocycles. The zero-order valence-corrected chi connectivity index (χ0v) is 13.5. The van der Waals surface area contributed by atoms with Gasteiger partial charge in [-0.2, -0.15) is 0 Å². The number of alkyl carbamates (subject to hydrolysis) is 1. The van der Waals surface area contributed by atoms with Gasteiger partial charge in [0, 0.05) is 0 Å². The van der Waals surface area contributed by atoms with E-state index in [2.05, 4.69) is 9.46 Å². The third kappa shape index (κ3) is 5.94. The summed E-state index contributed by atoms with van der Waals surface area (Å²) in [6, 6.07) is 5.73. The van der Waals surface area contributed by atoms with E-state index in [0.717, 1.165) is 13.4 Å². The fourth-order valence-electron chi connectivity index (χ4n) is 1.48. The van der Waals surface area contributed by atoms with Crippen molar-refractivity contribution in [3.05, 3.63) is 29.8 Å². The number of esters is 1. The van der Waals surface area contributed by atoms with Crippen molar-refractivity contribution in [1.29, 1.82) is 0 Å². The summed E-state index contributed by atoms with van der Waals surface area (Å²) in [5.41, 5.74) is -0.0591. The lowest BCUT2D eigenvalue weighted by Crippen LogP contribution is -2.39.